The van der Waals surface area contributed by atoms with Gasteiger partial charge < -0.3 is 19.3 Å². The summed E-state index contributed by atoms with van der Waals surface area (Å²) in [6, 6.07) is 0. The second kappa shape index (κ2) is 24.0. The normalized spacial score (nSPS) is 15.3. The van der Waals surface area contributed by atoms with Crippen molar-refractivity contribution in [2.75, 3.05) is 39.4 Å². The van der Waals surface area contributed by atoms with Gasteiger partial charge in [-0.1, -0.05) is 110 Å². The Labute approximate surface area is 193 Å². The third kappa shape index (κ3) is 19.7. The predicted octanol–water partition coefficient (Wildman–Crippen LogP) is 8.15. The minimum Gasteiger partial charge on any atom is -0.444 e. The zero-order chi connectivity index (χ0) is 22.9. The third-order valence-electron chi connectivity index (χ3n) is 7.08. The highest BCUT2D eigenvalue weighted by atomic mass is 16.6. The Kier molecular flexibility index (Phi) is 23.4. The topological polar surface area (TPSA) is 61.7 Å². The fourth-order valence-corrected chi connectivity index (χ4v) is 4.78. The lowest BCUT2D eigenvalue weighted by molar-refractivity contribution is -0.933. The van der Waals surface area contributed by atoms with E-state index in [0.29, 0.717) is 0 Å². The standard InChI is InChI=1S/C26H54NO.HNO2/c1-3-5-6-7-8-9-10-11-12-13-14-15-16-17-18-19-20-21-22-27(4-2)23-25-28-26-24-27;2-1-3/h3-26H2,1-2H3;(H,2,3)/q+1;/p-1. The van der Waals surface area contributed by atoms with Crippen molar-refractivity contribution in [3.63, 3.8) is 0 Å². The number of hydrogen-bond donors (Lipinski definition) is 0. The lowest BCUT2D eigenvalue weighted by Crippen LogP contribution is -2.55. The highest BCUT2D eigenvalue weighted by Gasteiger charge is 2.27. The number of nitrogens with zero attached hydrogens (tertiary/aromatic N) is 2. The van der Waals surface area contributed by atoms with E-state index in [2.05, 4.69) is 13.8 Å². The fourth-order valence-electron chi connectivity index (χ4n) is 4.78. The van der Waals surface area contributed by atoms with Crippen molar-refractivity contribution >= 4 is 0 Å². The molecule has 0 radical (unpaired) electrons. The molecular weight excluding hydrogens is 388 g/mol. The number of likely N-dealkylation sites (N-methyl/N-ethyl adjacent to an activating group) is 1. The lowest BCUT2D eigenvalue weighted by Gasteiger charge is -2.40. The van der Waals surface area contributed by atoms with E-state index in [-0.39, 0.29) is 0 Å². The monoisotopic (exact) mass is 442 g/mol. The van der Waals surface area contributed by atoms with Crippen molar-refractivity contribution in [2.45, 2.75) is 129 Å². The van der Waals surface area contributed by atoms with Gasteiger partial charge in [-0.25, -0.2) is 0 Å². The summed E-state index contributed by atoms with van der Waals surface area (Å²) in [5.74, 6) is 0. The molecule has 0 aliphatic carbocycles. The molecule has 1 aliphatic rings. The van der Waals surface area contributed by atoms with Crippen LogP contribution in [0.4, 0.5) is 0 Å². The van der Waals surface area contributed by atoms with E-state index in [1.165, 1.54) is 146 Å². The minimum atomic E-state index is 0.979. The molecule has 0 atom stereocenters. The van der Waals surface area contributed by atoms with E-state index in [1.54, 1.807) is 0 Å². The van der Waals surface area contributed by atoms with Crippen molar-refractivity contribution in [2.24, 2.45) is 5.34 Å². The van der Waals surface area contributed by atoms with E-state index in [4.69, 9.17) is 14.9 Å². The number of morpholine rings is 1. The first-order valence-corrected chi connectivity index (χ1v) is 13.6. The van der Waals surface area contributed by atoms with Crippen molar-refractivity contribution in [1.29, 1.82) is 0 Å². The van der Waals surface area contributed by atoms with Gasteiger partial charge in [-0.05, 0) is 19.8 Å². The van der Waals surface area contributed by atoms with Crippen molar-refractivity contribution in [3.05, 3.63) is 10.1 Å². The molecule has 0 N–H and O–H groups in total. The summed E-state index contributed by atoms with van der Waals surface area (Å²) < 4.78 is 6.87. The molecule has 0 aromatic carbocycles. The first-order chi connectivity index (χ1) is 15.2. The summed E-state index contributed by atoms with van der Waals surface area (Å²) in [5.41, 5.74) is 0. The van der Waals surface area contributed by atoms with Gasteiger partial charge in [-0.3, -0.25) is 0 Å². The highest BCUT2D eigenvalue weighted by Crippen LogP contribution is 2.16. The summed E-state index contributed by atoms with van der Waals surface area (Å²) in [4.78, 5) is 8.00. The molecule has 5 nitrogen and oxygen atoms in total. The molecular formula is C26H54N2O3. The maximum atomic E-state index is 8.00. The van der Waals surface area contributed by atoms with E-state index in [1.807, 2.05) is 0 Å². The molecule has 0 unspecified atom stereocenters. The van der Waals surface area contributed by atoms with Crippen LogP contribution in [0.1, 0.15) is 129 Å². The zero-order valence-corrected chi connectivity index (χ0v) is 21.1. The van der Waals surface area contributed by atoms with Crippen LogP contribution in [-0.2, 0) is 4.74 Å². The Morgan fingerprint density at radius 1 is 0.645 bits per heavy atom. The largest absolute Gasteiger partial charge is 0.444 e. The Morgan fingerprint density at radius 2 is 0.968 bits per heavy atom. The van der Waals surface area contributed by atoms with Gasteiger partial charge in [0.1, 0.15) is 13.1 Å². The van der Waals surface area contributed by atoms with E-state index in [0.717, 1.165) is 18.6 Å². The first kappa shape index (κ1) is 30.3. The molecule has 0 spiro atoms. The second-order valence-electron chi connectivity index (χ2n) is 9.53. The number of rotatable bonds is 20. The molecule has 0 amide bonds. The quantitative estimate of drug-likeness (QED) is 0.0827. The summed E-state index contributed by atoms with van der Waals surface area (Å²) >= 11 is 0. The Bertz CT molecular complexity index is 361. The van der Waals surface area contributed by atoms with Crippen LogP contribution in [0.5, 0.6) is 0 Å². The molecule has 0 aromatic rings. The van der Waals surface area contributed by atoms with Crippen LogP contribution >= 0.6 is 0 Å². The maximum absolute atomic E-state index is 8.00. The summed E-state index contributed by atoms with van der Waals surface area (Å²) in [6.45, 7) is 11.8. The molecule has 0 aromatic heterocycles. The molecule has 0 saturated carbocycles. The minimum absolute atomic E-state index is 0.979. The lowest BCUT2D eigenvalue weighted by atomic mass is 10.0. The molecule has 31 heavy (non-hydrogen) atoms. The molecule has 1 saturated heterocycles. The number of quaternary nitrogens is 1. The van der Waals surface area contributed by atoms with E-state index < -0.39 is 0 Å². The molecule has 1 rings (SSSR count). The molecule has 1 aliphatic heterocycles. The van der Waals surface area contributed by atoms with Crippen LogP contribution in [0.2, 0.25) is 0 Å². The van der Waals surface area contributed by atoms with Crippen LogP contribution in [0.25, 0.3) is 0 Å². The zero-order valence-electron chi connectivity index (χ0n) is 21.1. The van der Waals surface area contributed by atoms with Crippen LogP contribution in [-0.4, -0.2) is 43.9 Å². The van der Waals surface area contributed by atoms with Gasteiger partial charge in [0.05, 0.1) is 26.3 Å². The summed E-state index contributed by atoms with van der Waals surface area (Å²) in [6.07, 6.45) is 26.3. The number of unbranched alkanes of at least 4 members (excludes halogenated alkanes) is 17. The average molecular weight is 443 g/mol. The SMILES string of the molecule is CCCCCCCCCCCCCCCCCCCC[N+]1(CC)CCOCC1.O=N[O-]. The van der Waals surface area contributed by atoms with Gasteiger partial charge >= 0.3 is 0 Å². The highest BCUT2D eigenvalue weighted by molar-refractivity contribution is 4.53. The predicted molar refractivity (Wildman–Crippen MR) is 134 cm³/mol. The summed E-state index contributed by atoms with van der Waals surface area (Å²) in [5, 5.41) is 9.00. The van der Waals surface area contributed by atoms with E-state index in [9.17, 15) is 0 Å². The first-order valence-electron chi connectivity index (χ1n) is 13.6. The van der Waals surface area contributed by atoms with Gasteiger partial charge in [-0.15, -0.1) is 5.34 Å². The molecule has 1 fully saturated rings. The van der Waals surface area contributed by atoms with Crippen LogP contribution < -0.4 is 0 Å². The summed E-state index contributed by atoms with van der Waals surface area (Å²) in [7, 11) is 0. The van der Waals surface area contributed by atoms with Gasteiger partial charge in [0.25, 0.3) is 0 Å². The molecule has 5 heteroatoms. The van der Waals surface area contributed by atoms with Crippen LogP contribution in [0, 0.1) is 10.1 Å². The molecule has 1 heterocycles. The van der Waals surface area contributed by atoms with Crippen LogP contribution in [0.3, 0.4) is 0 Å². The van der Waals surface area contributed by atoms with Gasteiger partial charge in [0.2, 0.25) is 0 Å². The smallest absolute Gasteiger partial charge is 0.102 e. The fraction of sp³-hybridized carbons (Fsp3) is 1.00. The number of ether oxygens (including phenoxy) is 1. The van der Waals surface area contributed by atoms with Gasteiger partial charge in [0, 0.05) is 0 Å². The van der Waals surface area contributed by atoms with Crippen molar-refractivity contribution in [3.8, 4) is 0 Å². The average Bonchev–Trinajstić information content (AvgIpc) is 2.79. The van der Waals surface area contributed by atoms with Crippen LogP contribution in [0.15, 0.2) is 5.34 Å². The Morgan fingerprint density at radius 3 is 1.29 bits per heavy atom. The van der Waals surface area contributed by atoms with Crippen molar-refractivity contribution < 1.29 is 9.22 Å². The van der Waals surface area contributed by atoms with E-state index >= 15 is 0 Å². The molecule has 0 bridgehead atoms. The third-order valence-corrected chi connectivity index (χ3v) is 7.08. The Balaban J connectivity index is 0.00000282. The van der Waals surface area contributed by atoms with Gasteiger partial charge in [0.15, 0.2) is 0 Å². The Hall–Kier alpha value is -0.680. The maximum Gasteiger partial charge on any atom is 0.102 e. The second-order valence-corrected chi connectivity index (χ2v) is 9.53. The van der Waals surface area contributed by atoms with Crippen molar-refractivity contribution in [1.82, 2.24) is 0 Å². The molecule has 186 valence electrons. The number of hydrogen-bond acceptors (Lipinski definition) is 4. The van der Waals surface area contributed by atoms with Gasteiger partial charge in [-0.2, -0.15) is 0 Å².